The average molecular weight is 310 g/mol. The van der Waals surface area contributed by atoms with Crippen molar-refractivity contribution in [3.63, 3.8) is 0 Å². The van der Waals surface area contributed by atoms with Crippen molar-refractivity contribution < 1.29 is 14.7 Å². The largest absolute Gasteiger partial charge is 0.481 e. The molecule has 1 aromatic heterocycles. The Hall–Kier alpha value is -1.43. The molecule has 1 unspecified atom stereocenters. The number of nitrogens with zero attached hydrogens (tertiary/aromatic N) is 1. The van der Waals surface area contributed by atoms with E-state index in [0.29, 0.717) is 6.42 Å². The average Bonchev–Trinajstić information content (AvgIpc) is 2.97. The third-order valence-electron chi connectivity index (χ3n) is 4.11. The summed E-state index contributed by atoms with van der Waals surface area (Å²) < 4.78 is 0. The summed E-state index contributed by atoms with van der Waals surface area (Å²) in [5.41, 5.74) is -0.353. The Labute approximate surface area is 128 Å². The highest BCUT2D eigenvalue weighted by Crippen LogP contribution is 2.44. The highest BCUT2D eigenvalue weighted by Gasteiger charge is 2.38. The summed E-state index contributed by atoms with van der Waals surface area (Å²) in [5, 5.41) is 12.9. The van der Waals surface area contributed by atoms with Crippen molar-refractivity contribution in [1.82, 2.24) is 10.3 Å². The highest BCUT2D eigenvalue weighted by molar-refractivity contribution is 7.11. The summed E-state index contributed by atoms with van der Waals surface area (Å²) in [6.45, 7) is 3.89. The van der Waals surface area contributed by atoms with Gasteiger partial charge in [-0.05, 0) is 32.1 Å². The van der Waals surface area contributed by atoms with Crippen molar-refractivity contribution in [1.29, 1.82) is 0 Å². The summed E-state index contributed by atoms with van der Waals surface area (Å²) in [7, 11) is 0. The minimum absolute atomic E-state index is 0.0708. The van der Waals surface area contributed by atoms with Gasteiger partial charge in [-0.2, -0.15) is 0 Å². The van der Waals surface area contributed by atoms with Gasteiger partial charge in [-0.15, -0.1) is 11.3 Å². The van der Waals surface area contributed by atoms with Crippen LogP contribution in [0.1, 0.15) is 61.4 Å². The van der Waals surface area contributed by atoms with Crippen molar-refractivity contribution in [3.8, 4) is 0 Å². The lowest BCUT2D eigenvalue weighted by atomic mass is 9.79. The van der Waals surface area contributed by atoms with E-state index in [1.54, 1.807) is 17.5 Å². The molecule has 0 saturated heterocycles. The van der Waals surface area contributed by atoms with E-state index in [1.165, 1.54) is 0 Å². The maximum absolute atomic E-state index is 12.2. The third kappa shape index (κ3) is 4.27. The normalized spacial score (nSPS) is 18.4. The van der Waals surface area contributed by atoms with E-state index in [-0.39, 0.29) is 23.8 Å². The first-order chi connectivity index (χ1) is 9.90. The van der Waals surface area contributed by atoms with Crippen molar-refractivity contribution in [2.24, 2.45) is 5.41 Å². The SMILES string of the molecule is Cc1cnc(C(C)NC(=O)CC2(CC(=O)O)CCCC2)s1. The predicted molar refractivity (Wildman–Crippen MR) is 81.2 cm³/mol. The number of carbonyl (C=O) groups excluding carboxylic acids is 1. The molecule has 1 aromatic rings. The molecule has 0 aliphatic heterocycles. The van der Waals surface area contributed by atoms with Crippen molar-refractivity contribution >= 4 is 23.2 Å². The molecule has 0 bridgehead atoms. The van der Waals surface area contributed by atoms with Crippen LogP contribution in [0.5, 0.6) is 0 Å². The number of aliphatic carboxylic acids is 1. The lowest BCUT2D eigenvalue weighted by Gasteiger charge is -2.27. The molecule has 1 aliphatic rings. The molecule has 0 spiro atoms. The van der Waals surface area contributed by atoms with Crippen molar-refractivity contribution in [2.75, 3.05) is 0 Å². The molecule has 1 saturated carbocycles. The van der Waals surface area contributed by atoms with E-state index in [0.717, 1.165) is 35.6 Å². The van der Waals surface area contributed by atoms with Crippen LogP contribution in [-0.4, -0.2) is 22.0 Å². The summed E-state index contributed by atoms with van der Waals surface area (Å²) in [5.74, 6) is -0.883. The number of amides is 1. The maximum atomic E-state index is 12.2. The van der Waals surface area contributed by atoms with Gasteiger partial charge >= 0.3 is 5.97 Å². The predicted octanol–water partition coefficient (Wildman–Crippen LogP) is 3.05. The van der Waals surface area contributed by atoms with Crippen LogP contribution >= 0.6 is 11.3 Å². The van der Waals surface area contributed by atoms with Gasteiger partial charge in [0.05, 0.1) is 12.5 Å². The molecule has 0 radical (unpaired) electrons. The molecule has 0 aromatic carbocycles. The van der Waals surface area contributed by atoms with E-state index in [1.807, 2.05) is 13.8 Å². The number of carboxylic acids is 1. The molecule has 1 heterocycles. The number of nitrogens with one attached hydrogen (secondary N) is 1. The van der Waals surface area contributed by atoms with Crippen LogP contribution in [0.25, 0.3) is 0 Å². The number of hydrogen-bond donors (Lipinski definition) is 2. The number of carbonyl (C=O) groups is 2. The molecule has 116 valence electrons. The molecule has 1 aliphatic carbocycles. The van der Waals surface area contributed by atoms with Gasteiger partial charge in [-0.3, -0.25) is 9.59 Å². The topological polar surface area (TPSA) is 79.3 Å². The van der Waals surface area contributed by atoms with E-state index in [9.17, 15) is 9.59 Å². The first kappa shape index (κ1) is 15.9. The van der Waals surface area contributed by atoms with E-state index >= 15 is 0 Å². The molecule has 2 N–H and O–H groups in total. The lowest BCUT2D eigenvalue weighted by Crippen LogP contribution is -2.33. The Bertz CT molecular complexity index is 521. The fourth-order valence-corrected chi connectivity index (χ4v) is 3.91. The van der Waals surface area contributed by atoms with Gasteiger partial charge in [0.2, 0.25) is 5.91 Å². The van der Waals surface area contributed by atoms with Gasteiger partial charge in [-0.1, -0.05) is 12.8 Å². The quantitative estimate of drug-likeness (QED) is 0.846. The second kappa shape index (κ2) is 6.56. The minimum atomic E-state index is -0.812. The second-order valence-electron chi connectivity index (χ2n) is 6.05. The Balaban J connectivity index is 1.95. The molecule has 5 nitrogen and oxygen atoms in total. The van der Waals surface area contributed by atoms with Gasteiger partial charge in [0.15, 0.2) is 0 Å². The standard InChI is InChI=1S/C15H22N2O3S/c1-10-9-16-14(21-10)11(2)17-12(18)7-15(8-13(19)20)5-3-4-6-15/h9,11H,3-8H2,1-2H3,(H,17,18)(H,19,20). The van der Waals surface area contributed by atoms with Gasteiger partial charge in [-0.25, -0.2) is 4.98 Å². The zero-order chi connectivity index (χ0) is 15.5. The smallest absolute Gasteiger partial charge is 0.303 e. The Morgan fingerprint density at radius 3 is 2.62 bits per heavy atom. The zero-order valence-electron chi connectivity index (χ0n) is 12.5. The molecule has 1 amide bonds. The Morgan fingerprint density at radius 1 is 1.43 bits per heavy atom. The zero-order valence-corrected chi connectivity index (χ0v) is 13.3. The van der Waals surface area contributed by atoms with Crippen LogP contribution in [0.15, 0.2) is 6.20 Å². The van der Waals surface area contributed by atoms with Crippen molar-refractivity contribution in [3.05, 3.63) is 16.1 Å². The molecule has 21 heavy (non-hydrogen) atoms. The molecular weight excluding hydrogens is 288 g/mol. The van der Waals surface area contributed by atoms with E-state index in [2.05, 4.69) is 10.3 Å². The van der Waals surface area contributed by atoms with E-state index < -0.39 is 5.97 Å². The van der Waals surface area contributed by atoms with Gasteiger partial charge < -0.3 is 10.4 Å². The number of rotatable bonds is 6. The highest BCUT2D eigenvalue weighted by atomic mass is 32.1. The summed E-state index contributed by atoms with van der Waals surface area (Å²) in [6.07, 6.45) is 5.88. The van der Waals surface area contributed by atoms with Gasteiger partial charge in [0, 0.05) is 17.5 Å². The Kier molecular flexibility index (Phi) is 4.98. The maximum Gasteiger partial charge on any atom is 0.303 e. The number of aryl methyl sites for hydroxylation is 1. The van der Waals surface area contributed by atoms with Crippen LogP contribution in [-0.2, 0) is 9.59 Å². The summed E-state index contributed by atoms with van der Waals surface area (Å²) in [4.78, 5) is 28.7. The van der Waals surface area contributed by atoms with Crippen LogP contribution in [0.3, 0.4) is 0 Å². The van der Waals surface area contributed by atoms with Crippen LogP contribution in [0.4, 0.5) is 0 Å². The first-order valence-corrected chi connectivity index (χ1v) is 8.15. The third-order valence-corrected chi connectivity index (χ3v) is 5.21. The van der Waals surface area contributed by atoms with E-state index in [4.69, 9.17) is 5.11 Å². The fraction of sp³-hybridized carbons (Fsp3) is 0.667. The Morgan fingerprint density at radius 2 is 2.10 bits per heavy atom. The minimum Gasteiger partial charge on any atom is -0.481 e. The molecule has 6 heteroatoms. The molecule has 1 atom stereocenters. The van der Waals surface area contributed by atoms with Crippen LogP contribution in [0.2, 0.25) is 0 Å². The number of hydrogen-bond acceptors (Lipinski definition) is 4. The summed E-state index contributed by atoms with van der Waals surface area (Å²) >= 11 is 1.57. The number of carboxylic acid groups (broad SMARTS) is 1. The fourth-order valence-electron chi connectivity index (χ4n) is 3.13. The first-order valence-electron chi connectivity index (χ1n) is 7.34. The summed E-state index contributed by atoms with van der Waals surface area (Å²) in [6, 6.07) is -0.125. The number of thiazole rings is 1. The molecule has 2 rings (SSSR count). The van der Waals surface area contributed by atoms with Crippen LogP contribution < -0.4 is 5.32 Å². The molecular formula is C15H22N2O3S. The number of aromatic nitrogens is 1. The second-order valence-corrected chi connectivity index (χ2v) is 7.32. The lowest BCUT2D eigenvalue weighted by molar-refractivity contribution is -0.140. The van der Waals surface area contributed by atoms with Crippen molar-refractivity contribution in [2.45, 2.75) is 58.4 Å². The van der Waals surface area contributed by atoms with Gasteiger partial charge in [0.1, 0.15) is 5.01 Å². The van der Waals surface area contributed by atoms with Crippen LogP contribution in [0, 0.1) is 12.3 Å². The van der Waals surface area contributed by atoms with Gasteiger partial charge in [0.25, 0.3) is 0 Å². The molecule has 1 fully saturated rings. The monoisotopic (exact) mass is 310 g/mol.